The summed E-state index contributed by atoms with van der Waals surface area (Å²) in [6.45, 7) is 0.672. The highest BCUT2D eigenvalue weighted by Crippen LogP contribution is 2.36. The smallest absolute Gasteiger partial charge is 0.261 e. The molecule has 28 heavy (non-hydrogen) atoms. The predicted octanol–water partition coefficient (Wildman–Crippen LogP) is 3.01. The highest BCUT2D eigenvalue weighted by molar-refractivity contribution is 7.92. The number of nitrogens with one attached hydrogen (secondary N) is 1. The summed E-state index contributed by atoms with van der Waals surface area (Å²) in [7, 11) is -3.52. The number of hydrogen-bond donors (Lipinski definition) is 1. The second-order valence-corrected chi connectivity index (χ2v) is 9.07. The number of fused-ring (bicyclic) bond motifs is 1. The summed E-state index contributed by atoms with van der Waals surface area (Å²) < 4.78 is 31.4. The lowest BCUT2D eigenvalue weighted by molar-refractivity contribution is -0.128. The van der Waals surface area contributed by atoms with Crippen LogP contribution in [0.5, 0.6) is 5.75 Å². The first kappa shape index (κ1) is 20.5. The van der Waals surface area contributed by atoms with Crippen LogP contribution in [0.2, 0.25) is 5.02 Å². The van der Waals surface area contributed by atoms with Gasteiger partial charge >= 0.3 is 0 Å². The maximum absolute atomic E-state index is 12.6. The fourth-order valence-corrected chi connectivity index (χ4v) is 4.25. The quantitative estimate of drug-likeness (QED) is 0.726. The first-order chi connectivity index (χ1) is 13.3. The molecule has 150 valence electrons. The first-order valence-corrected chi connectivity index (χ1v) is 11.3. The monoisotopic (exact) mass is 422 g/mol. The Bertz CT molecular complexity index is 934. The van der Waals surface area contributed by atoms with Crippen molar-refractivity contribution >= 4 is 33.2 Å². The van der Waals surface area contributed by atoms with Crippen LogP contribution in [0, 0.1) is 0 Å². The summed E-state index contributed by atoms with van der Waals surface area (Å²) in [5.41, 5.74) is 1.58. The van der Waals surface area contributed by atoms with Gasteiger partial charge in [-0.1, -0.05) is 41.9 Å². The van der Waals surface area contributed by atoms with E-state index in [0.29, 0.717) is 23.0 Å². The molecule has 1 aliphatic rings. The highest BCUT2D eigenvalue weighted by Gasteiger charge is 2.31. The summed E-state index contributed by atoms with van der Waals surface area (Å²) in [5.74, 6) is 0.0843. The van der Waals surface area contributed by atoms with Crippen molar-refractivity contribution in [2.75, 3.05) is 23.7 Å². The molecule has 1 amide bonds. The minimum atomic E-state index is -3.52. The van der Waals surface area contributed by atoms with Crippen LogP contribution in [0.4, 0.5) is 5.69 Å². The summed E-state index contributed by atoms with van der Waals surface area (Å²) in [4.78, 5) is 12.6. The molecular weight excluding hydrogens is 400 g/mol. The minimum absolute atomic E-state index is 0.147. The molecule has 0 fully saturated rings. The minimum Gasteiger partial charge on any atom is -0.478 e. The van der Waals surface area contributed by atoms with E-state index in [9.17, 15) is 13.2 Å². The van der Waals surface area contributed by atoms with Crippen LogP contribution in [0.15, 0.2) is 48.5 Å². The first-order valence-electron chi connectivity index (χ1n) is 9.10. The zero-order valence-corrected chi connectivity index (χ0v) is 17.2. The molecule has 1 N–H and O–H groups in total. The highest BCUT2D eigenvalue weighted by atomic mass is 35.5. The van der Waals surface area contributed by atoms with E-state index in [4.69, 9.17) is 16.3 Å². The summed E-state index contributed by atoms with van der Waals surface area (Å²) in [6, 6.07) is 14.8. The maximum atomic E-state index is 12.6. The number of carbonyl (C=O) groups is 1. The Morgan fingerprint density at radius 1 is 1.25 bits per heavy atom. The largest absolute Gasteiger partial charge is 0.478 e. The van der Waals surface area contributed by atoms with Gasteiger partial charge in [-0.05, 0) is 36.6 Å². The molecular formula is C20H23ClN2O4S. The number of aryl methyl sites for hydroxylation is 1. The number of sulfonamides is 1. The van der Waals surface area contributed by atoms with Crippen molar-refractivity contribution in [1.82, 2.24) is 5.32 Å². The number of benzene rings is 2. The van der Waals surface area contributed by atoms with E-state index in [1.165, 1.54) is 15.9 Å². The van der Waals surface area contributed by atoms with E-state index in [1.54, 1.807) is 12.1 Å². The van der Waals surface area contributed by atoms with E-state index < -0.39 is 16.1 Å². The van der Waals surface area contributed by atoms with Gasteiger partial charge in [0.15, 0.2) is 6.10 Å². The van der Waals surface area contributed by atoms with Crippen LogP contribution in [0.3, 0.4) is 0 Å². The molecule has 0 aliphatic carbocycles. The molecule has 1 atom stereocenters. The fraction of sp³-hybridized carbons (Fsp3) is 0.350. The van der Waals surface area contributed by atoms with Gasteiger partial charge < -0.3 is 10.1 Å². The Balaban J connectivity index is 1.63. The normalized spacial score (nSPS) is 16.6. The second kappa shape index (κ2) is 8.84. The predicted molar refractivity (Wildman–Crippen MR) is 110 cm³/mol. The van der Waals surface area contributed by atoms with Gasteiger partial charge in [0, 0.05) is 24.5 Å². The molecule has 6 nitrogen and oxygen atoms in total. The molecule has 0 radical (unpaired) electrons. The van der Waals surface area contributed by atoms with Gasteiger partial charge in [-0.3, -0.25) is 9.10 Å². The van der Waals surface area contributed by atoms with Gasteiger partial charge in [0.25, 0.3) is 5.91 Å². The van der Waals surface area contributed by atoms with Crippen LogP contribution < -0.4 is 14.4 Å². The zero-order chi connectivity index (χ0) is 20.1. The molecule has 0 bridgehead atoms. The van der Waals surface area contributed by atoms with Crippen LogP contribution in [0.25, 0.3) is 0 Å². The maximum Gasteiger partial charge on any atom is 0.261 e. The van der Waals surface area contributed by atoms with Crippen LogP contribution in [-0.2, 0) is 21.2 Å². The van der Waals surface area contributed by atoms with Gasteiger partial charge in [0.05, 0.1) is 11.9 Å². The zero-order valence-electron chi connectivity index (χ0n) is 15.6. The van der Waals surface area contributed by atoms with E-state index in [2.05, 4.69) is 17.4 Å². The van der Waals surface area contributed by atoms with E-state index >= 15 is 0 Å². The molecule has 0 aromatic heterocycles. The van der Waals surface area contributed by atoms with Gasteiger partial charge in [-0.15, -0.1) is 0 Å². The van der Waals surface area contributed by atoms with E-state index in [1.807, 2.05) is 18.2 Å². The van der Waals surface area contributed by atoms with E-state index in [-0.39, 0.29) is 18.9 Å². The van der Waals surface area contributed by atoms with Gasteiger partial charge in [-0.2, -0.15) is 0 Å². The molecule has 0 spiro atoms. The van der Waals surface area contributed by atoms with Crippen molar-refractivity contribution in [1.29, 1.82) is 0 Å². The van der Waals surface area contributed by atoms with Crippen molar-refractivity contribution in [3.63, 3.8) is 0 Å². The molecule has 0 saturated carbocycles. The third-order valence-electron chi connectivity index (χ3n) is 4.53. The molecule has 0 unspecified atom stereocenters. The number of nitrogens with zero attached hydrogens (tertiary/aromatic N) is 1. The Hall–Kier alpha value is -2.25. The average Bonchev–Trinajstić information content (AvgIpc) is 2.85. The molecule has 0 saturated heterocycles. The summed E-state index contributed by atoms with van der Waals surface area (Å²) in [6.07, 6.45) is 2.30. The Morgan fingerprint density at radius 2 is 2.00 bits per heavy atom. The number of amides is 1. The van der Waals surface area contributed by atoms with Gasteiger partial charge in [0.1, 0.15) is 5.75 Å². The standard InChI is InChI=1S/C20H23ClN2O4S/c1-28(25,26)23-13-11-19(27-18-10-9-16(21)14-17(18)23)20(24)22-12-5-8-15-6-3-2-4-7-15/h2-4,6-7,9-10,14,19H,5,8,11-13H2,1H3,(H,22,24)/t19-/m0/s1. The number of rotatable bonds is 6. The summed E-state index contributed by atoms with van der Waals surface area (Å²) >= 11 is 6.02. The fourth-order valence-electron chi connectivity index (χ4n) is 3.14. The molecule has 2 aromatic carbocycles. The molecule has 1 heterocycles. The van der Waals surface area contributed by atoms with Crippen molar-refractivity contribution in [3.05, 3.63) is 59.1 Å². The molecule has 2 aromatic rings. The van der Waals surface area contributed by atoms with Crippen LogP contribution in [-0.4, -0.2) is 39.8 Å². The van der Waals surface area contributed by atoms with Crippen molar-refractivity contribution < 1.29 is 17.9 Å². The SMILES string of the molecule is CS(=O)(=O)N1CC[C@@H](C(=O)NCCCc2ccccc2)Oc2ccc(Cl)cc21. The second-order valence-electron chi connectivity index (χ2n) is 6.72. The number of carbonyl (C=O) groups excluding carboxylic acids is 1. The van der Waals surface area contributed by atoms with Gasteiger partial charge in [0.2, 0.25) is 10.0 Å². The van der Waals surface area contributed by atoms with Crippen molar-refractivity contribution in [3.8, 4) is 5.75 Å². The number of hydrogen-bond acceptors (Lipinski definition) is 4. The molecule has 8 heteroatoms. The third kappa shape index (κ3) is 5.17. The number of anilines is 1. The Morgan fingerprint density at radius 3 is 2.71 bits per heavy atom. The van der Waals surface area contributed by atoms with Crippen molar-refractivity contribution in [2.45, 2.75) is 25.4 Å². The Labute approximate surface area is 170 Å². The van der Waals surface area contributed by atoms with Crippen LogP contribution >= 0.6 is 11.6 Å². The van der Waals surface area contributed by atoms with Crippen LogP contribution in [0.1, 0.15) is 18.4 Å². The lowest BCUT2D eigenvalue weighted by Crippen LogP contribution is -2.40. The number of halogens is 1. The third-order valence-corrected chi connectivity index (χ3v) is 5.95. The van der Waals surface area contributed by atoms with Gasteiger partial charge in [-0.25, -0.2) is 8.42 Å². The Kier molecular flexibility index (Phi) is 6.46. The summed E-state index contributed by atoms with van der Waals surface area (Å²) in [5, 5.41) is 3.29. The van der Waals surface area contributed by atoms with E-state index in [0.717, 1.165) is 19.1 Å². The molecule has 3 rings (SSSR count). The lowest BCUT2D eigenvalue weighted by atomic mass is 10.1. The average molecular weight is 423 g/mol. The topological polar surface area (TPSA) is 75.7 Å². The van der Waals surface area contributed by atoms with Crippen molar-refractivity contribution in [2.24, 2.45) is 0 Å². The molecule has 1 aliphatic heterocycles. The number of ether oxygens (including phenoxy) is 1. The lowest BCUT2D eigenvalue weighted by Gasteiger charge is -2.21.